The number of benzene rings is 1. The molecule has 0 fully saturated rings. The third kappa shape index (κ3) is 3.51. The van der Waals surface area contributed by atoms with Gasteiger partial charge in [0.25, 0.3) is 0 Å². The van der Waals surface area contributed by atoms with E-state index in [0.717, 1.165) is 15.6 Å². The second-order valence-corrected chi connectivity index (χ2v) is 5.37. The van der Waals surface area contributed by atoms with Crippen molar-refractivity contribution in [3.05, 3.63) is 53.4 Å². The van der Waals surface area contributed by atoms with Gasteiger partial charge >= 0.3 is 0 Å². The summed E-state index contributed by atoms with van der Waals surface area (Å²) in [7, 11) is 0. The number of carbonyl (C=O) groups excluding carboxylic acids is 1. The molecule has 3 aromatic rings. The predicted octanol–water partition coefficient (Wildman–Crippen LogP) is 2.05. The first-order chi connectivity index (χ1) is 10.3. The van der Waals surface area contributed by atoms with Crippen molar-refractivity contribution in [3.8, 4) is 10.6 Å². The number of nitrogens with zero attached hydrogens (tertiary/aromatic N) is 3. The lowest BCUT2D eigenvalue weighted by molar-refractivity contribution is -0.120. The highest BCUT2D eigenvalue weighted by molar-refractivity contribution is 7.14. The van der Waals surface area contributed by atoms with Gasteiger partial charge in [-0.2, -0.15) is 0 Å². The van der Waals surface area contributed by atoms with Gasteiger partial charge in [0.2, 0.25) is 5.91 Å². The molecule has 7 heteroatoms. The number of nitrogens with one attached hydrogen (secondary N) is 1. The van der Waals surface area contributed by atoms with Gasteiger partial charge in [0.1, 0.15) is 16.3 Å². The van der Waals surface area contributed by atoms with Crippen LogP contribution in [0.1, 0.15) is 10.7 Å². The molecule has 1 amide bonds. The first kappa shape index (κ1) is 13.4. The molecular weight excluding hydrogens is 288 g/mol. The Hall–Kier alpha value is -2.54. The summed E-state index contributed by atoms with van der Waals surface area (Å²) >= 11 is 1.46. The number of amides is 1. The van der Waals surface area contributed by atoms with Crippen LogP contribution in [0.2, 0.25) is 0 Å². The Labute approximate surface area is 124 Å². The average molecular weight is 300 g/mol. The van der Waals surface area contributed by atoms with Crippen LogP contribution in [0.4, 0.5) is 0 Å². The van der Waals surface area contributed by atoms with Crippen LogP contribution in [0, 0.1) is 0 Å². The lowest BCUT2D eigenvalue weighted by atomic mass is 10.2. The van der Waals surface area contributed by atoms with E-state index in [2.05, 4.69) is 25.2 Å². The van der Waals surface area contributed by atoms with Crippen molar-refractivity contribution in [3.63, 3.8) is 0 Å². The largest absolute Gasteiger partial charge is 0.364 e. The maximum Gasteiger partial charge on any atom is 0.226 e. The Kier molecular flexibility index (Phi) is 4.02. The summed E-state index contributed by atoms with van der Waals surface area (Å²) in [5, 5.41) is 16.3. The van der Waals surface area contributed by atoms with E-state index in [4.69, 9.17) is 0 Å². The van der Waals surface area contributed by atoms with Crippen molar-refractivity contribution in [2.24, 2.45) is 0 Å². The van der Waals surface area contributed by atoms with E-state index in [1.165, 1.54) is 17.6 Å². The van der Waals surface area contributed by atoms with Gasteiger partial charge in [-0.1, -0.05) is 46.8 Å². The zero-order valence-electron chi connectivity index (χ0n) is 11.0. The highest BCUT2D eigenvalue weighted by atomic mass is 32.1. The molecule has 0 unspecified atom stereocenters. The summed E-state index contributed by atoms with van der Waals surface area (Å²) in [6, 6.07) is 11.5. The van der Waals surface area contributed by atoms with Gasteiger partial charge in [-0.05, 0) is 0 Å². The van der Waals surface area contributed by atoms with Crippen molar-refractivity contribution in [1.82, 2.24) is 20.7 Å². The highest BCUT2D eigenvalue weighted by Gasteiger charge is 2.09. The lowest BCUT2D eigenvalue weighted by Crippen LogP contribution is -2.24. The molecule has 0 bridgehead atoms. The summed E-state index contributed by atoms with van der Waals surface area (Å²) in [6.07, 6.45) is 1.64. The van der Waals surface area contributed by atoms with Crippen LogP contribution in [0.3, 0.4) is 0 Å². The molecule has 0 saturated carbocycles. The van der Waals surface area contributed by atoms with E-state index >= 15 is 0 Å². The fourth-order valence-corrected chi connectivity index (χ4v) is 2.54. The zero-order valence-corrected chi connectivity index (χ0v) is 11.8. The highest BCUT2D eigenvalue weighted by Crippen LogP contribution is 2.22. The maximum atomic E-state index is 11.7. The van der Waals surface area contributed by atoms with Gasteiger partial charge in [0, 0.05) is 11.6 Å². The molecule has 0 radical (unpaired) electrons. The predicted molar refractivity (Wildman–Crippen MR) is 77.4 cm³/mol. The van der Waals surface area contributed by atoms with E-state index in [1.807, 2.05) is 30.3 Å². The van der Waals surface area contributed by atoms with Gasteiger partial charge in [-0.15, -0.1) is 10.2 Å². The Morgan fingerprint density at radius 2 is 2.05 bits per heavy atom. The third-order valence-corrected chi connectivity index (χ3v) is 3.73. The molecule has 0 spiro atoms. The number of hydrogen-bond donors (Lipinski definition) is 1. The minimum Gasteiger partial charge on any atom is -0.364 e. The molecule has 6 nitrogen and oxygen atoms in total. The summed E-state index contributed by atoms with van der Waals surface area (Å²) in [6.45, 7) is 0.362. The topological polar surface area (TPSA) is 80.9 Å². The second kappa shape index (κ2) is 6.27. The van der Waals surface area contributed by atoms with Crippen molar-refractivity contribution in [2.45, 2.75) is 13.0 Å². The summed E-state index contributed by atoms with van der Waals surface area (Å²) in [5.41, 5.74) is 1.63. The molecule has 2 aromatic heterocycles. The summed E-state index contributed by atoms with van der Waals surface area (Å²) in [5.74, 6) is -0.125. The number of hydrogen-bond acceptors (Lipinski definition) is 6. The van der Waals surface area contributed by atoms with Crippen molar-refractivity contribution >= 4 is 17.2 Å². The summed E-state index contributed by atoms with van der Waals surface area (Å²) < 4.78 is 4.68. The maximum absolute atomic E-state index is 11.7. The van der Waals surface area contributed by atoms with Gasteiger partial charge in [0.15, 0.2) is 0 Å². The minimum absolute atomic E-state index is 0.125. The van der Waals surface area contributed by atoms with Crippen LogP contribution < -0.4 is 5.32 Å². The SMILES string of the molecule is O=C(Cc1ccon1)NCc1nnc(-c2ccccc2)s1. The lowest BCUT2D eigenvalue weighted by Gasteiger charge is -1.99. The molecule has 1 aromatic carbocycles. The fourth-order valence-electron chi connectivity index (χ4n) is 1.75. The molecule has 3 rings (SSSR count). The summed E-state index contributed by atoms with van der Waals surface area (Å²) in [4.78, 5) is 11.7. The van der Waals surface area contributed by atoms with Crippen LogP contribution in [0.5, 0.6) is 0 Å². The molecule has 0 aliphatic rings. The van der Waals surface area contributed by atoms with Gasteiger partial charge < -0.3 is 9.84 Å². The standard InChI is InChI=1S/C14H12N4O2S/c19-12(8-11-6-7-20-18-11)15-9-13-16-17-14(21-13)10-4-2-1-3-5-10/h1-7H,8-9H2,(H,15,19). The van der Waals surface area contributed by atoms with Crippen molar-refractivity contribution < 1.29 is 9.32 Å². The van der Waals surface area contributed by atoms with E-state index in [0.29, 0.717) is 12.2 Å². The quantitative estimate of drug-likeness (QED) is 0.780. The Bertz CT molecular complexity index is 710. The van der Waals surface area contributed by atoms with Gasteiger partial charge in [-0.3, -0.25) is 4.79 Å². The van der Waals surface area contributed by atoms with Crippen molar-refractivity contribution in [1.29, 1.82) is 0 Å². The van der Waals surface area contributed by atoms with Crippen LogP contribution in [-0.4, -0.2) is 21.3 Å². The zero-order chi connectivity index (χ0) is 14.5. The molecule has 0 atom stereocenters. The first-order valence-electron chi connectivity index (χ1n) is 6.35. The molecule has 21 heavy (non-hydrogen) atoms. The Morgan fingerprint density at radius 3 is 2.81 bits per heavy atom. The Morgan fingerprint density at radius 1 is 1.19 bits per heavy atom. The molecule has 0 aliphatic carbocycles. The van der Waals surface area contributed by atoms with Gasteiger partial charge in [0.05, 0.1) is 18.7 Å². The molecular formula is C14H12N4O2S. The van der Waals surface area contributed by atoms with Crippen molar-refractivity contribution in [2.75, 3.05) is 0 Å². The molecule has 2 heterocycles. The minimum atomic E-state index is -0.125. The van der Waals surface area contributed by atoms with Crippen LogP contribution >= 0.6 is 11.3 Å². The van der Waals surface area contributed by atoms with E-state index in [9.17, 15) is 4.79 Å². The van der Waals surface area contributed by atoms with Crippen LogP contribution in [0.25, 0.3) is 10.6 Å². The van der Waals surface area contributed by atoms with Crippen LogP contribution in [-0.2, 0) is 17.8 Å². The number of rotatable bonds is 5. The molecule has 0 aliphatic heterocycles. The van der Waals surface area contributed by atoms with E-state index in [-0.39, 0.29) is 12.3 Å². The average Bonchev–Trinajstić information content (AvgIpc) is 3.17. The molecule has 106 valence electrons. The normalized spacial score (nSPS) is 10.5. The first-order valence-corrected chi connectivity index (χ1v) is 7.16. The van der Waals surface area contributed by atoms with Crippen LogP contribution in [0.15, 0.2) is 47.2 Å². The molecule has 1 N–H and O–H groups in total. The smallest absolute Gasteiger partial charge is 0.226 e. The number of aromatic nitrogens is 3. The third-order valence-electron chi connectivity index (χ3n) is 2.76. The number of carbonyl (C=O) groups is 1. The fraction of sp³-hybridized carbons (Fsp3) is 0.143. The Balaban J connectivity index is 1.56. The van der Waals surface area contributed by atoms with Gasteiger partial charge in [-0.25, -0.2) is 0 Å². The van der Waals surface area contributed by atoms with E-state index < -0.39 is 0 Å². The monoisotopic (exact) mass is 300 g/mol. The second-order valence-electron chi connectivity index (χ2n) is 4.31. The van der Waals surface area contributed by atoms with E-state index in [1.54, 1.807) is 6.07 Å². The molecule has 0 saturated heterocycles.